The molecule has 2 heterocycles. The Labute approximate surface area is 203 Å². The molecule has 0 saturated carbocycles. The molecule has 1 N–H and O–H groups in total. The minimum atomic E-state index is -3.34. The van der Waals surface area contributed by atoms with Crippen molar-refractivity contribution in [2.45, 2.75) is 37.3 Å². The molecule has 0 aliphatic heterocycles. The van der Waals surface area contributed by atoms with Gasteiger partial charge in [0.1, 0.15) is 23.7 Å². The molecule has 2 aromatic heterocycles. The molecule has 4 rings (SSSR count). The minimum absolute atomic E-state index is 0.123. The van der Waals surface area contributed by atoms with Crippen LogP contribution in [0.3, 0.4) is 0 Å². The topological polar surface area (TPSA) is 116 Å². The van der Waals surface area contributed by atoms with Gasteiger partial charge < -0.3 is 10.1 Å². The SMILES string of the molecule is Cc1nc(Oc2ccc(NC(=O)Cc3ccc(S(=O)(=O)C(C)C)cc3)cc2)cc(-n2ccnc2)n1. The first-order valence-electron chi connectivity index (χ1n) is 11.0. The van der Waals surface area contributed by atoms with Crippen molar-refractivity contribution < 1.29 is 17.9 Å². The number of aryl methyl sites for hydroxylation is 1. The summed E-state index contributed by atoms with van der Waals surface area (Å²) in [5.74, 6) is 1.93. The molecular formula is C25H25N5O4S. The summed E-state index contributed by atoms with van der Waals surface area (Å²) in [6.07, 6.45) is 5.21. The number of sulfone groups is 1. The number of hydrogen-bond donors (Lipinski definition) is 1. The molecule has 0 aliphatic rings. The average Bonchev–Trinajstić information content (AvgIpc) is 3.35. The van der Waals surface area contributed by atoms with Crippen molar-refractivity contribution in [3.63, 3.8) is 0 Å². The van der Waals surface area contributed by atoms with E-state index in [4.69, 9.17) is 4.74 Å². The molecule has 0 unspecified atom stereocenters. The number of carbonyl (C=O) groups excluding carboxylic acids is 1. The van der Waals surface area contributed by atoms with Crippen LogP contribution < -0.4 is 10.1 Å². The van der Waals surface area contributed by atoms with Gasteiger partial charge in [-0.2, -0.15) is 4.98 Å². The summed E-state index contributed by atoms with van der Waals surface area (Å²) in [7, 11) is -3.34. The molecule has 1 amide bonds. The molecule has 0 bridgehead atoms. The lowest BCUT2D eigenvalue weighted by atomic mass is 10.1. The summed E-state index contributed by atoms with van der Waals surface area (Å²) in [5, 5.41) is 2.33. The van der Waals surface area contributed by atoms with Gasteiger partial charge >= 0.3 is 0 Å². The van der Waals surface area contributed by atoms with Crippen molar-refractivity contribution in [1.82, 2.24) is 19.5 Å². The third-order valence-corrected chi connectivity index (χ3v) is 7.34. The van der Waals surface area contributed by atoms with Gasteiger partial charge in [-0.1, -0.05) is 12.1 Å². The highest BCUT2D eigenvalue weighted by atomic mass is 32.2. The van der Waals surface area contributed by atoms with E-state index in [-0.39, 0.29) is 17.2 Å². The average molecular weight is 492 g/mol. The molecule has 0 fully saturated rings. The first-order chi connectivity index (χ1) is 16.7. The van der Waals surface area contributed by atoms with Crippen molar-refractivity contribution in [1.29, 1.82) is 0 Å². The van der Waals surface area contributed by atoms with Gasteiger partial charge in [-0.05, 0) is 62.7 Å². The second kappa shape index (κ2) is 10.1. The Bertz CT molecular complexity index is 1420. The molecule has 10 heteroatoms. The predicted molar refractivity (Wildman–Crippen MR) is 132 cm³/mol. The standard InChI is InChI=1S/C25H25N5O4S/c1-17(2)35(32,33)22-10-4-19(5-11-22)14-24(31)29-20-6-8-21(9-7-20)34-25-15-23(27-18(3)28-25)30-13-12-26-16-30/h4-13,15-17H,14H2,1-3H3,(H,29,31). The molecule has 0 atom stereocenters. The van der Waals surface area contributed by atoms with E-state index in [9.17, 15) is 13.2 Å². The number of benzene rings is 2. The van der Waals surface area contributed by atoms with Crippen LogP contribution in [0.2, 0.25) is 0 Å². The van der Waals surface area contributed by atoms with E-state index >= 15 is 0 Å². The normalized spacial score (nSPS) is 11.4. The van der Waals surface area contributed by atoms with Gasteiger partial charge in [0.25, 0.3) is 0 Å². The van der Waals surface area contributed by atoms with Crippen LogP contribution >= 0.6 is 0 Å². The molecule has 0 aliphatic carbocycles. The monoisotopic (exact) mass is 491 g/mol. The summed E-state index contributed by atoms with van der Waals surface area (Å²) in [4.78, 5) is 25.4. The van der Waals surface area contributed by atoms with Crippen molar-refractivity contribution in [3.8, 4) is 17.4 Å². The van der Waals surface area contributed by atoms with E-state index in [2.05, 4.69) is 20.3 Å². The molecule has 9 nitrogen and oxygen atoms in total. The van der Waals surface area contributed by atoms with Gasteiger partial charge in [0.15, 0.2) is 9.84 Å². The second-order valence-electron chi connectivity index (χ2n) is 8.17. The number of ether oxygens (including phenoxy) is 1. The van der Waals surface area contributed by atoms with E-state index in [1.165, 1.54) is 12.1 Å². The maximum absolute atomic E-state index is 12.5. The third kappa shape index (κ3) is 5.90. The summed E-state index contributed by atoms with van der Waals surface area (Å²) in [6, 6.07) is 15.0. The minimum Gasteiger partial charge on any atom is -0.439 e. The number of hydrogen-bond acceptors (Lipinski definition) is 7. The lowest BCUT2D eigenvalue weighted by molar-refractivity contribution is -0.115. The Morgan fingerprint density at radius 1 is 1.06 bits per heavy atom. The zero-order chi connectivity index (χ0) is 25.0. The van der Waals surface area contributed by atoms with E-state index in [0.717, 1.165) is 5.56 Å². The first kappa shape index (κ1) is 24.1. The molecule has 0 radical (unpaired) electrons. The highest BCUT2D eigenvalue weighted by Crippen LogP contribution is 2.23. The van der Waals surface area contributed by atoms with Crippen LogP contribution in [0.25, 0.3) is 5.82 Å². The van der Waals surface area contributed by atoms with Crippen LogP contribution in [-0.2, 0) is 21.1 Å². The zero-order valence-corrected chi connectivity index (χ0v) is 20.4. The summed E-state index contributed by atoms with van der Waals surface area (Å²) < 4.78 is 32.1. The largest absolute Gasteiger partial charge is 0.439 e. The predicted octanol–water partition coefficient (Wildman–Crippen LogP) is 4.13. The lowest BCUT2D eigenvalue weighted by Crippen LogP contribution is -2.15. The van der Waals surface area contributed by atoms with Crippen molar-refractivity contribution in [2.24, 2.45) is 0 Å². The van der Waals surface area contributed by atoms with Gasteiger partial charge in [0.2, 0.25) is 11.8 Å². The van der Waals surface area contributed by atoms with Crippen LogP contribution in [0.1, 0.15) is 25.2 Å². The van der Waals surface area contributed by atoms with Crippen LogP contribution in [0.15, 0.2) is 78.2 Å². The highest BCUT2D eigenvalue weighted by Gasteiger charge is 2.19. The number of rotatable bonds is 8. The number of nitrogens with zero attached hydrogens (tertiary/aromatic N) is 4. The molecule has 0 spiro atoms. The van der Waals surface area contributed by atoms with E-state index in [0.29, 0.717) is 29.0 Å². The summed E-state index contributed by atoms with van der Waals surface area (Å²) in [5.41, 5.74) is 1.33. The fraction of sp³-hybridized carbons (Fsp3) is 0.200. The van der Waals surface area contributed by atoms with Gasteiger partial charge in [-0.25, -0.2) is 18.4 Å². The van der Waals surface area contributed by atoms with Crippen molar-refractivity contribution >= 4 is 21.4 Å². The third-order valence-electron chi connectivity index (χ3n) is 5.17. The molecule has 35 heavy (non-hydrogen) atoms. The van der Waals surface area contributed by atoms with Crippen molar-refractivity contribution in [2.75, 3.05) is 5.32 Å². The maximum atomic E-state index is 12.5. The van der Waals surface area contributed by atoms with E-state index < -0.39 is 15.1 Å². The number of imidazole rings is 1. The quantitative estimate of drug-likeness (QED) is 0.394. The fourth-order valence-corrected chi connectivity index (χ4v) is 4.35. The van der Waals surface area contributed by atoms with Crippen molar-refractivity contribution in [3.05, 3.63) is 84.7 Å². The van der Waals surface area contributed by atoms with E-state index in [1.807, 2.05) is 0 Å². The molecular weight excluding hydrogens is 466 g/mol. The first-order valence-corrected chi connectivity index (χ1v) is 12.5. The Morgan fingerprint density at radius 2 is 1.77 bits per heavy atom. The Balaban J connectivity index is 1.37. The number of aromatic nitrogens is 4. The van der Waals surface area contributed by atoms with Gasteiger partial charge in [-0.15, -0.1) is 0 Å². The lowest BCUT2D eigenvalue weighted by Gasteiger charge is -2.10. The molecule has 2 aromatic carbocycles. The Kier molecular flexibility index (Phi) is 6.92. The van der Waals surface area contributed by atoms with Crippen LogP contribution in [-0.4, -0.2) is 39.1 Å². The molecule has 180 valence electrons. The van der Waals surface area contributed by atoms with E-state index in [1.54, 1.807) is 86.5 Å². The van der Waals surface area contributed by atoms with Crippen LogP contribution in [0, 0.1) is 6.92 Å². The highest BCUT2D eigenvalue weighted by molar-refractivity contribution is 7.92. The fourth-order valence-electron chi connectivity index (χ4n) is 3.29. The van der Waals surface area contributed by atoms with Gasteiger partial charge in [0.05, 0.1) is 16.6 Å². The smallest absolute Gasteiger partial charge is 0.228 e. The second-order valence-corrected chi connectivity index (χ2v) is 10.7. The van der Waals surface area contributed by atoms with Crippen LogP contribution in [0.5, 0.6) is 11.6 Å². The van der Waals surface area contributed by atoms with Gasteiger partial charge in [-0.3, -0.25) is 9.36 Å². The van der Waals surface area contributed by atoms with Crippen LogP contribution in [0.4, 0.5) is 5.69 Å². The number of amides is 1. The zero-order valence-electron chi connectivity index (χ0n) is 19.5. The Hall–Kier alpha value is -4.05. The summed E-state index contributed by atoms with van der Waals surface area (Å²) >= 11 is 0. The molecule has 0 saturated heterocycles. The Morgan fingerprint density at radius 3 is 2.40 bits per heavy atom. The molecule has 4 aromatic rings. The number of carbonyl (C=O) groups is 1. The summed E-state index contributed by atoms with van der Waals surface area (Å²) in [6.45, 7) is 5.06. The maximum Gasteiger partial charge on any atom is 0.228 e. The van der Waals surface area contributed by atoms with Gasteiger partial charge in [0, 0.05) is 24.1 Å². The number of anilines is 1. The number of nitrogens with one attached hydrogen (secondary N) is 1.